The molecule has 1 aromatic rings. The van der Waals surface area contributed by atoms with Crippen LogP contribution < -0.4 is 5.32 Å². The summed E-state index contributed by atoms with van der Waals surface area (Å²) in [5, 5.41) is 12.2. The number of nitrogens with zero attached hydrogens (tertiary/aromatic N) is 1. The Kier molecular flexibility index (Phi) is 4.28. The third kappa shape index (κ3) is 3.35. The Morgan fingerprint density at radius 2 is 2.53 bits per heavy atom. The van der Waals surface area contributed by atoms with E-state index in [4.69, 9.17) is 5.11 Å². The number of carboxylic acid groups (broad SMARTS) is 1. The van der Waals surface area contributed by atoms with Gasteiger partial charge in [0.25, 0.3) is 0 Å². The van der Waals surface area contributed by atoms with Gasteiger partial charge in [-0.2, -0.15) is 11.8 Å². The number of nitrogens with one attached hydrogen (secondary N) is 1. The number of thioether (sulfide) groups is 1. The zero-order chi connectivity index (χ0) is 12.3. The number of aromatic carboxylic acids is 1. The Bertz CT molecular complexity index is 422. The maximum Gasteiger partial charge on any atom is 0.339 e. The van der Waals surface area contributed by atoms with Gasteiger partial charge in [-0.3, -0.25) is 0 Å². The highest BCUT2D eigenvalue weighted by atomic mass is 79.9. The lowest BCUT2D eigenvalue weighted by Crippen LogP contribution is -2.16. The van der Waals surface area contributed by atoms with Gasteiger partial charge in [0.1, 0.15) is 11.4 Å². The van der Waals surface area contributed by atoms with Gasteiger partial charge < -0.3 is 10.4 Å². The molecule has 92 valence electrons. The van der Waals surface area contributed by atoms with Crippen molar-refractivity contribution < 1.29 is 9.90 Å². The van der Waals surface area contributed by atoms with Crippen LogP contribution in [0.2, 0.25) is 0 Å². The van der Waals surface area contributed by atoms with Crippen molar-refractivity contribution in [1.82, 2.24) is 4.98 Å². The lowest BCUT2D eigenvalue weighted by Gasteiger charge is -2.12. The Balaban J connectivity index is 2.06. The Morgan fingerprint density at radius 3 is 3.18 bits per heavy atom. The lowest BCUT2D eigenvalue weighted by molar-refractivity contribution is 0.0697. The SMILES string of the molecule is O=C(O)c1cc(Br)cnc1NCC1CCSC1. The van der Waals surface area contributed by atoms with Gasteiger partial charge in [-0.1, -0.05) is 0 Å². The van der Waals surface area contributed by atoms with Crippen LogP contribution in [0.3, 0.4) is 0 Å². The van der Waals surface area contributed by atoms with Gasteiger partial charge in [-0.15, -0.1) is 0 Å². The first-order valence-electron chi connectivity index (χ1n) is 5.37. The van der Waals surface area contributed by atoms with Gasteiger partial charge in [0.05, 0.1) is 0 Å². The normalized spacial score (nSPS) is 19.2. The van der Waals surface area contributed by atoms with Crippen LogP contribution in [0.4, 0.5) is 5.82 Å². The van der Waals surface area contributed by atoms with Crippen LogP contribution in [0.15, 0.2) is 16.7 Å². The van der Waals surface area contributed by atoms with E-state index < -0.39 is 5.97 Å². The third-order valence-corrected chi connectivity index (χ3v) is 4.33. The molecule has 2 N–H and O–H groups in total. The molecule has 0 saturated carbocycles. The summed E-state index contributed by atoms with van der Waals surface area (Å²) in [6, 6.07) is 1.57. The summed E-state index contributed by atoms with van der Waals surface area (Å²) < 4.78 is 0.678. The number of anilines is 1. The number of aromatic nitrogens is 1. The van der Waals surface area contributed by atoms with E-state index in [1.54, 1.807) is 12.3 Å². The number of hydrogen-bond acceptors (Lipinski definition) is 4. The minimum absolute atomic E-state index is 0.213. The predicted molar refractivity (Wildman–Crippen MR) is 72.8 cm³/mol. The lowest BCUT2D eigenvalue weighted by atomic mass is 10.1. The molecule has 17 heavy (non-hydrogen) atoms. The molecule has 4 nitrogen and oxygen atoms in total. The van der Waals surface area contributed by atoms with Gasteiger partial charge in [0, 0.05) is 17.2 Å². The zero-order valence-electron chi connectivity index (χ0n) is 9.15. The molecular weight excluding hydrogens is 304 g/mol. The van der Waals surface area contributed by atoms with E-state index in [2.05, 4.69) is 26.2 Å². The fraction of sp³-hybridized carbons (Fsp3) is 0.455. The van der Waals surface area contributed by atoms with Crippen LogP contribution in [0, 0.1) is 5.92 Å². The van der Waals surface area contributed by atoms with E-state index in [1.807, 2.05) is 11.8 Å². The summed E-state index contributed by atoms with van der Waals surface area (Å²) >= 11 is 5.17. The van der Waals surface area contributed by atoms with Crippen LogP contribution in [-0.2, 0) is 0 Å². The second kappa shape index (κ2) is 5.73. The number of rotatable bonds is 4. The predicted octanol–water partition coefficient (Wildman–Crippen LogP) is 2.71. The molecule has 1 fully saturated rings. The van der Waals surface area contributed by atoms with Gasteiger partial charge in [0.2, 0.25) is 0 Å². The first kappa shape index (κ1) is 12.7. The fourth-order valence-electron chi connectivity index (χ4n) is 1.73. The third-order valence-electron chi connectivity index (χ3n) is 2.67. The van der Waals surface area contributed by atoms with Crippen LogP contribution in [0.1, 0.15) is 16.8 Å². The molecule has 1 atom stereocenters. The molecule has 0 bridgehead atoms. The Hall–Kier alpha value is -0.750. The molecule has 1 aliphatic rings. The summed E-state index contributed by atoms with van der Waals surface area (Å²) in [6.45, 7) is 0.794. The van der Waals surface area contributed by atoms with Gasteiger partial charge in [0.15, 0.2) is 0 Å². The van der Waals surface area contributed by atoms with Crippen molar-refractivity contribution >= 4 is 39.5 Å². The van der Waals surface area contributed by atoms with Crippen molar-refractivity contribution in [1.29, 1.82) is 0 Å². The monoisotopic (exact) mass is 316 g/mol. The molecule has 6 heteroatoms. The standard InChI is InChI=1S/C11H13BrN2O2S/c12-8-3-9(11(15)16)10(14-5-8)13-4-7-1-2-17-6-7/h3,5,7H,1-2,4,6H2,(H,13,14)(H,15,16). The maximum atomic E-state index is 11.1. The molecule has 0 amide bonds. The number of hydrogen-bond donors (Lipinski definition) is 2. The summed E-state index contributed by atoms with van der Waals surface area (Å²) in [6.07, 6.45) is 2.80. The fourth-order valence-corrected chi connectivity index (χ4v) is 3.34. The van der Waals surface area contributed by atoms with Crippen molar-refractivity contribution in [2.24, 2.45) is 5.92 Å². The second-order valence-corrected chi connectivity index (χ2v) is 6.03. The zero-order valence-corrected chi connectivity index (χ0v) is 11.6. The summed E-state index contributed by atoms with van der Waals surface area (Å²) in [5.41, 5.74) is 0.213. The molecule has 1 aliphatic heterocycles. The minimum Gasteiger partial charge on any atom is -0.478 e. The maximum absolute atomic E-state index is 11.1. The van der Waals surface area contributed by atoms with Gasteiger partial charge in [-0.25, -0.2) is 9.78 Å². The highest BCUT2D eigenvalue weighted by Crippen LogP contribution is 2.24. The molecule has 1 saturated heterocycles. The molecule has 0 spiro atoms. The van der Waals surface area contributed by atoms with Crippen molar-refractivity contribution in [2.45, 2.75) is 6.42 Å². The number of carboxylic acids is 1. The van der Waals surface area contributed by atoms with Crippen molar-refractivity contribution in [3.63, 3.8) is 0 Å². The number of carbonyl (C=O) groups is 1. The highest BCUT2D eigenvalue weighted by Gasteiger charge is 2.17. The number of halogens is 1. The van der Waals surface area contributed by atoms with E-state index in [0.717, 1.165) is 12.3 Å². The van der Waals surface area contributed by atoms with Crippen molar-refractivity contribution in [3.8, 4) is 0 Å². The summed E-state index contributed by atoms with van der Waals surface area (Å²) in [5.74, 6) is 2.46. The quantitative estimate of drug-likeness (QED) is 0.894. The molecule has 0 radical (unpaired) electrons. The largest absolute Gasteiger partial charge is 0.478 e. The second-order valence-electron chi connectivity index (χ2n) is 3.97. The Labute approximate surface area is 112 Å². The average molecular weight is 317 g/mol. The van der Waals surface area contributed by atoms with Crippen LogP contribution >= 0.6 is 27.7 Å². The first-order chi connectivity index (χ1) is 8.16. The van der Waals surface area contributed by atoms with Gasteiger partial charge >= 0.3 is 5.97 Å². The van der Waals surface area contributed by atoms with E-state index in [-0.39, 0.29) is 5.56 Å². The highest BCUT2D eigenvalue weighted by molar-refractivity contribution is 9.10. The smallest absolute Gasteiger partial charge is 0.339 e. The van der Waals surface area contributed by atoms with E-state index >= 15 is 0 Å². The molecule has 0 aromatic carbocycles. The average Bonchev–Trinajstić information content (AvgIpc) is 2.80. The molecule has 2 heterocycles. The van der Waals surface area contributed by atoms with Crippen molar-refractivity contribution in [2.75, 3.05) is 23.4 Å². The topological polar surface area (TPSA) is 62.2 Å². The van der Waals surface area contributed by atoms with Crippen molar-refractivity contribution in [3.05, 3.63) is 22.3 Å². The van der Waals surface area contributed by atoms with E-state index in [0.29, 0.717) is 16.2 Å². The number of pyridine rings is 1. The summed E-state index contributed by atoms with van der Waals surface area (Å²) in [7, 11) is 0. The molecule has 1 aromatic heterocycles. The van der Waals surface area contributed by atoms with Crippen LogP contribution in [0.5, 0.6) is 0 Å². The Morgan fingerprint density at radius 1 is 1.71 bits per heavy atom. The molecule has 0 aliphatic carbocycles. The first-order valence-corrected chi connectivity index (χ1v) is 7.32. The molecular formula is C11H13BrN2O2S. The van der Waals surface area contributed by atoms with E-state index in [1.165, 1.54) is 12.2 Å². The van der Waals surface area contributed by atoms with Crippen LogP contribution in [0.25, 0.3) is 0 Å². The minimum atomic E-state index is -0.956. The van der Waals surface area contributed by atoms with Gasteiger partial charge in [-0.05, 0) is 45.8 Å². The van der Waals surface area contributed by atoms with E-state index in [9.17, 15) is 4.79 Å². The molecule has 2 rings (SSSR count). The molecule has 1 unspecified atom stereocenters. The summed E-state index contributed by atoms with van der Waals surface area (Å²) in [4.78, 5) is 15.2. The van der Waals surface area contributed by atoms with Crippen LogP contribution in [-0.4, -0.2) is 34.1 Å².